The number of hydrogen-bond donors (Lipinski definition) is 7. The third-order valence-electron chi connectivity index (χ3n) is 18.5. The smallest absolute Gasteiger partial charge is 0.339 e. The van der Waals surface area contributed by atoms with Crippen LogP contribution in [0.1, 0.15) is 222 Å². The first-order chi connectivity index (χ1) is 49.9. The van der Waals surface area contributed by atoms with Gasteiger partial charge < -0.3 is 59.8 Å². The fraction of sp³-hybridized carbons (Fsp3) is 0.437. The van der Waals surface area contributed by atoms with Gasteiger partial charge in [0.2, 0.25) is 11.2 Å². The van der Waals surface area contributed by atoms with E-state index in [1.165, 1.54) is 154 Å². The predicted molar refractivity (Wildman–Crippen MR) is 416 cm³/mol. The molecule has 0 saturated carbocycles. The summed E-state index contributed by atoms with van der Waals surface area (Å²) in [5, 5.41) is 84.9. The second-order valence-electron chi connectivity index (χ2n) is 27.2. The van der Waals surface area contributed by atoms with Crippen LogP contribution in [-0.2, 0) is 32.5 Å². The number of allylic oxidation sites excluding steroid dienone is 1. The molecule has 8 aromatic rings. The van der Waals surface area contributed by atoms with Crippen LogP contribution in [0, 0.1) is 26.2 Å². The maximum atomic E-state index is 12.9. The van der Waals surface area contributed by atoms with E-state index in [0.29, 0.717) is 34.4 Å². The Morgan fingerprint density at radius 2 is 1.07 bits per heavy atom. The number of anilines is 1. The molecule has 17 heteroatoms. The summed E-state index contributed by atoms with van der Waals surface area (Å²) in [6.07, 6.45) is 34.9. The number of aliphatic hydroxyl groups is 4. The van der Waals surface area contributed by atoms with E-state index in [2.05, 4.69) is 140 Å². The summed E-state index contributed by atoms with van der Waals surface area (Å²) in [5.74, 6) is -1.85. The van der Waals surface area contributed by atoms with Crippen molar-refractivity contribution in [2.75, 3.05) is 32.2 Å². The normalized spacial score (nSPS) is 12.2. The van der Waals surface area contributed by atoms with Gasteiger partial charge in [-0.25, -0.2) is 9.59 Å². The van der Waals surface area contributed by atoms with Crippen molar-refractivity contribution in [2.24, 2.45) is 7.05 Å². The fourth-order valence-electron chi connectivity index (χ4n) is 12.8. The number of ether oxygens (including phenoxy) is 2. The predicted octanol–water partition coefficient (Wildman–Crippen LogP) is 16.8. The highest BCUT2D eigenvalue weighted by Crippen LogP contribution is 2.38. The van der Waals surface area contributed by atoms with Crippen LogP contribution < -0.4 is 14.6 Å². The molecule has 8 rings (SSSR count). The van der Waals surface area contributed by atoms with Crippen molar-refractivity contribution in [1.82, 2.24) is 4.57 Å². The number of unbranched alkanes of at least 4 members (excludes halogenated alkanes) is 18. The molecule has 2 heterocycles. The minimum absolute atomic E-state index is 0.0286. The Labute approximate surface area is 616 Å². The van der Waals surface area contributed by atoms with Gasteiger partial charge in [0.1, 0.15) is 31.6 Å². The Kier molecular flexibility index (Phi) is 38.1. The number of carbonyl (C=O) groups excluding carboxylic acids is 2. The average Bonchev–Trinajstić information content (AvgIpc) is 0.954. The first-order valence-corrected chi connectivity index (χ1v) is 36.9. The molecule has 0 aliphatic carbocycles. The number of nitrogens with zero attached hydrogens (tertiary/aromatic N) is 3. The second kappa shape index (κ2) is 46.4. The van der Waals surface area contributed by atoms with Gasteiger partial charge in [-0.05, 0) is 133 Å². The van der Waals surface area contributed by atoms with Crippen LogP contribution in [0.25, 0.3) is 50.3 Å². The van der Waals surface area contributed by atoms with Crippen LogP contribution in [0.15, 0.2) is 140 Å². The highest BCUT2D eigenvalue weighted by Gasteiger charge is 2.22. The Morgan fingerprint density at radius 1 is 0.587 bits per heavy atom. The third kappa shape index (κ3) is 29.1. The molecule has 6 aromatic carbocycles. The average molecular weight is 1420 g/mol. The van der Waals surface area contributed by atoms with Crippen LogP contribution in [0.5, 0.6) is 11.5 Å². The Morgan fingerprint density at radius 3 is 1.57 bits per heavy atom. The number of rotatable bonds is 39. The summed E-state index contributed by atoms with van der Waals surface area (Å²) in [6.45, 7) is 10.6. The number of aromatic hydroxyl groups is 1. The standard InChI is InChI=1S/C26H28N3.C23H16O6.C19H36O4.C19H34O4/c1-19-17-21(20(2)29(19)24-9-7-6-8-10-24)11-13-23-14-12-22-18-25(27(3)4)15-16-26(22)28(23)5;24-20-16(14-7-3-1-5-12(14)9-18(20)22(26)27)11-17-15-8-4-2-6-13(15)10-19(21(17)25)23(28)29;2*1-3-4-5-6-7-8-9-10-11-12-13-14-18(21)15-19(22)16-23-17(2)20/h6-18H,1-5H3;1-10,24-25H,11H2,(H,26,27)(H,28,29);3,18-19,21-22H,1,4-16H2,2H3;1,18-19,21-22H,4-16H2,2H3/q+1;;;/p-1. The molecule has 2 aromatic heterocycles. The van der Waals surface area contributed by atoms with Gasteiger partial charge in [-0.3, -0.25) is 9.59 Å². The number of aryl methyl sites for hydroxylation is 2. The number of benzene rings is 6. The van der Waals surface area contributed by atoms with Crippen molar-refractivity contribution in [2.45, 2.75) is 213 Å². The van der Waals surface area contributed by atoms with Gasteiger partial charge in [-0.15, -0.1) is 18.9 Å². The molecule has 0 amide bonds. The highest BCUT2D eigenvalue weighted by atomic mass is 16.5. The number of pyridine rings is 1. The first kappa shape index (κ1) is 85.3. The lowest BCUT2D eigenvalue weighted by molar-refractivity contribution is -0.646. The molecule has 7 N–H and O–H groups in total. The summed E-state index contributed by atoms with van der Waals surface area (Å²) in [6, 6.07) is 40.3. The zero-order valence-electron chi connectivity index (χ0n) is 62.4. The summed E-state index contributed by atoms with van der Waals surface area (Å²) >= 11 is 0. The van der Waals surface area contributed by atoms with Crippen molar-refractivity contribution >= 4 is 74.2 Å². The number of fused-ring (bicyclic) bond motifs is 3. The van der Waals surface area contributed by atoms with E-state index in [-0.39, 0.29) is 54.7 Å². The minimum Gasteiger partial charge on any atom is -0.872 e. The summed E-state index contributed by atoms with van der Waals surface area (Å²) < 4.78 is 14.0. The van der Waals surface area contributed by atoms with Crippen molar-refractivity contribution in [3.8, 4) is 29.5 Å². The van der Waals surface area contributed by atoms with Crippen LogP contribution in [0.4, 0.5) is 5.69 Å². The van der Waals surface area contributed by atoms with E-state index < -0.39 is 59.8 Å². The fourth-order valence-corrected chi connectivity index (χ4v) is 12.8. The maximum Gasteiger partial charge on any atom is 0.339 e. The summed E-state index contributed by atoms with van der Waals surface area (Å²) in [4.78, 5) is 46.5. The number of para-hydroxylation sites is 1. The molecule has 560 valence electrons. The first-order valence-electron chi connectivity index (χ1n) is 36.9. The zero-order chi connectivity index (χ0) is 75.9. The van der Waals surface area contributed by atoms with Gasteiger partial charge in [0, 0.05) is 106 Å². The number of hydrogen-bond acceptors (Lipinski definition) is 13. The monoisotopic (exact) mass is 1420 g/mol. The summed E-state index contributed by atoms with van der Waals surface area (Å²) in [7, 11) is 6.28. The maximum absolute atomic E-state index is 12.9. The minimum atomic E-state index is -1.34. The van der Waals surface area contributed by atoms with E-state index in [1.807, 2.05) is 6.08 Å². The number of esters is 2. The molecule has 0 bridgehead atoms. The molecule has 4 atom stereocenters. The highest BCUT2D eigenvalue weighted by molar-refractivity contribution is 6.02. The topological polar surface area (TPSA) is 263 Å². The number of carboxylic acids is 2. The SMILES string of the molecule is C#CCCCCCCCCCCCC(O)CC(O)COC(C)=O.C=CCCCCCCCCCCCC(O)CC(O)COC(C)=O.Cc1cc(C=Cc2ccc3cc(N(C)C)ccc3[n+]2C)c(C)n1-c1ccccc1.O=C(O)c1cc2ccccc2c(Cc2c(O)c(C(=O)O)cc3ccccc23)c1[O-]. The molecular weight excluding hydrogens is 1310 g/mol. The summed E-state index contributed by atoms with van der Waals surface area (Å²) in [5.41, 5.74) is 8.40. The van der Waals surface area contributed by atoms with Crippen molar-refractivity contribution in [3.63, 3.8) is 0 Å². The molecule has 0 radical (unpaired) electrons. The number of aromatic carboxylic acids is 2. The van der Waals surface area contributed by atoms with E-state index in [4.69, 9.17) is 15.9 Å². The molecule has 4 unspecified atom stereocenters. The number of phenols is 1. The lowest BCUT2D eigenvalue weighted by atomic mass is 9.90. The van der Waals surface area contributed by atoms with Crippen LogP contribution in [0.3, 0.4) is 0 Å². The molecular formula is C87H113N3O14. The lowest BCUT2D eigenvalue weighted by Gasteiger charge is -2.21. The number of carboxylic acid groups (broad SMARTS) is 2. The molecule has 0 fully saturated rings. The van der Waals surface area contributed by atoms with Gasteiger partial charge in [0.05, 0.1) is 30.0 Å². The van der Waals surface area contributed by atoms with Gasteiger partial charge in [0.15, 0.2) is 0 Å². The quantitative estimate of drug-likeness (QED) is 0.00621. The van der Waals surface area contributed by atoms with Crippen LogP contribution >= 0.6 is 0 Å². The van der Waals surface area contributed by atoms with Gasteiger partial charge in [-0.2, -0.15) is 4.57 Å². The van der Waals surface area contributed by atoms with Crippen molar-refractivity contribution in [3.05, 3.63) is 185 Å². The van der Waals surface area contributed by atoms with Crippen molar-refractivity contribution < 1.29 is 74.1 Å². The second-order valence-corrected chi connectivity index (χ2v) is 27.2. The number of aliphatic hydroxyl groups excluding tert-OH is 4. The molecule has 0 spiro atoms. The molecule has 0 aliphatic rings. The molecule has 104 heavy (non-hydrogen) atoms. The molecule has 0 saturated heterocycles. The number of carbonyl (C=O) groups is 4. The van der Waals surface area contributed by atoms with E-state index in [1.54, 1.807) is 48.5 Å². The Bertz CT molecular complexity index is 3960. The van der Waals surface area contributed by atoms with Crippen LogP contribution in [-0.4, -0.2) is 116 Å². The van der Waals surface area contributed by atoms with Crippen LogP contribution in [0.2, 0.25) is 0 Å². The van der Waals surface area contributed by atoms with Gasteiger partial charge in [-0.1, -0.05) is 181 Å². The van der Waals surface area contributed by atoms with Gasteiger partial charge in [0.25, 0.3) is 0 Å². The zero-order valence-corrected chi connectivity index (χ0v) is 62.4. The Hall–Kier alpha value is -9.31. The molecule has 17 nitrogen and oxygen atoms in total. The number of aromatic nitrogens is 2. The Balaban J connectivity index is 0.000000251. The van der Waals surface area contributed by atoms with E-state index >= 15 is 0 Å². The lowest BCUT2D eigenvalue weighted by Crippen LogP contribution is -2.32. The van der Waals surface area contributed by atoms with Crippen molar-refractivity contribution in [1.29, 1.82) is 0 Å². The number of terminal acetylenes is 1. The third-order valence-corrected chi connectivity index (χ3v) is 18.5. The largest absolute Gasteiger partial charge is 0.872 e. The molecule has 0 aliphatic heterocycles. The van der Waals surface area contributed by atoms with Gasteiger partial charge >= 0.3 is 23.9 Å². The van der Waals surface area contributed by atoms with E-state index in [0.717, 1.165) is 44.9 Å². The van der Waals surface area contributed by atoms with E-state index in [9.17, 15) is 60.0 Å².